The Morgan fingerprint density at radius 3 is 2.23 bits per heavy atom. The lowest BCUT2D eigenvalue weighted by molar-refractivity contribution is -0.665. The first-order chi connectivity index (χ1) is 12.4. The smallest absolute Gasteiger partial charge is 0.198 e. The number of aromatic nitrogens is 1. The van der Waals surface area contributed by atoms with Crippen LogP contribution in [-0.2, 0) is 7.05 Å². The van der Waals surface area contributed by atoms with Crippen LogP contribution in [0, 0.1) is 27.7 Å². The zero-order valence-electron chi connectivity index (χ0n) is 17.4. The van der Waals surface area contributed by atoms with E-state index in [1.807, 2.05) is 0 Å². The molecule has 1 heterocycles. The third-order valence-corrected chi connectivity index (χ3v) is 6.08. The number of pyridine rings is 1. The van der Waals surface area contributed by atoms with Crippen LogP contribution in [-0.4, -0.2) is 0 Å². The Kier molecular flexibility index (Phi) is 5.18. The summed E-state index contributed by atoms with van der Waals surface area (Å²) in [7, 11) is 2.19. The van der Waals surface area contributed by atoms with Crippen LogP contribution in [0.15, 0.2) is 36.4 Å². The summed E-state index contributed by atoms with van der Waals surface area (Å²) in [5.41, 5.74) is 9.53. The van der Waals surface area contributed by atoms with Gasteiger partial charge in [-0.05, 0) is 73.7 Å². The Hall–Kier alpha value is -2.15. The molecule has 1 aromatic heterocycles. The summed E-state index contributed by atoms with van der Waals surface area (Å²) in [4.78, 5) is 0. The molecule has 136 valence electrons. The molecule has 0 N–H and O–H groups in total. The van der Waals surface area contributed by atoms with Gasteiger partial charge in [0.25, 0.3) is 0 Å². The van der Waals surface area contributed by atoms with Crippen LogP contribution < -0.4 is 4.57 Å². The molecule has 0 aliphatic carbocycles. The number of nitrogens with zero attached hydrogens (tertiary/aromatic N) is 1. The molecule has 1 heteroatoms. The lowest BCUT2D eigenvalue weighted by Crippen LogP contribution is -2.35. The van der Waals surface area contributed by atoms with E-state index < -0.39 is 0 Å². The third-order valence-electron chi connectivity index (χ3n) is 6.08. The zero-order valence-corrected chi connectivity index (χ0v) is 17.4. The standard InChI is InChI=1S/C25H32N/c1-8-20(9-2)21-10-11-23-22(15-21)14-18(5)26(7)25(23)24-13-16(3)12-17(4)19(24)6/h10-15,20H,8-9H2,1-7H3/q+1. The van der Waals surface area contributed by atoms with E-state index in [-0.39, 0.29) is 0 Å². The van der Waals surface area contributed by atoms with Gasteiger partial charge in [-0.2, -0.15) is 4.57 Å². The van der Waals surface area contributed by atoms with Crippen molar-refractivity contribution < 1.29 is 4.57 Å². The molecule has 26 heavy (non-hydrogen) atoms. The molecule has 2 aromatic carbocycles. The fourth-order valence-corrected chi connectivity index (χ4v) is 4.22. The fourth-order valence-electron chi connectivity index (χ4n) is 4.22. The maximum atomic E-state index is 2.42. The van der Waals surface area contributed by atoms with Crippen molar-refractivity contribution in [3.05, 3.63) is 64.3 Å². The lowest BCUT2D eigenvalue weighted by atomic mass is 9.90. The number of rotatable bonds is 4. The molecule has 0 saturated heterocycles. The summed E-state index contributed by atoms with van der Waals surface area (Å²) in [6.07, 6.45) is 2.40. The second-order valence-electron chi connectivity index (χ2n) is 7.81. The van der Waals surface area contributed by atoms with Gasteiger partial charge in [0.2, 0.25) is 5.69 Å². The highest BCUT2D eigenvalue weighted by atomic mass is 14.9. The quantitative estimate of drug-likeness (QED) is 0.477. The molecule has 1 nitrogen and oxygen atoms in total. The first kappa shape index (κ1) is 18.6. The molecular weight excluding hydrogens is 314 g/mol. The monoisotopic (exact) mass is 346 g/mol. The van der Waals surface area contributed by atoms with Gasteiger partial charge in [-0.15, -0.1) is 0 Å². The Morgan fingerprint density at radius 1 is 0.885 bits per heavy atom. The maximum absolute atomic E-state index is 2.42. The van der Waals surface area contributed by atoms with E-state index in [9.17, 15) is 0 Å². The van der Waals surface area contributed by atoms with E-state index in [4.69, 9.17) is 0 Å². The minimum Gasteiger partial charge on any atom is -0.198 e. The van der Waals surface area contributed by atoms with Gasteiger partial charge in [0.1, 0.15) is 7.05 Å². The average Bonchev–Trinajstić information content (AvgIpc) is 2.61. The Morgan fingerprint density at radius 2 is 1.58 bits per heavy atom. The second-order valence-corrected chi connectivity index (χ2v) is 7.81. The minimum atomic E-state index is 0.653. The topological polar surface area (TPSA) is 3.88 Å². The van der Waals surface area contributed by atoms with E-state index >= 15 is 0 Å². The van der Waals surface area contributed by atoms with E-state index in [0.717, 1.165) is 0 Å². The molecular formula is C25H32N+. The predicted molar refractivity (Wildman–Crippen MR) is 113 cm³/mol. The number of hydrogen-bond donors (Lipinski definition) is 0. The van der Waals surface area contributed by atoms with E-state index in [1.54, 1.807) is 0 Å². The van der Waals surface area contributed by atoms with Crippen LogP contribution >= 0.6 is 0 Å². The molecule has 0 spiro atoms. The summed E-state index contributed by atoms with van der Waals surface area (Å²) in [5, 5.41) is 2.71. The minimum absolute atomic E-state index is 0.653. The molecule has 3 aromatic rings. The van der Waals surface area contributed by atoms with Crippen LogP contribution in [0.5, 0.6) is 0 Å². The number of benzene rings is 2. The molecule has 0 aliphatic rings. The molecule has 0 unspecified atom stereocenters. The van der Waals surface area contributed by atoms with Gasteiger partial charge in [0, 0.05) is 13.0 Å². The van der Waals surface area contributed by atoms with E-state index in [1.165, 1.54) is 62.8 Å². The molecule has 0 saturated carbocycles. The molecule has 0 aliphatic heterocycles. The summed E-state index contributed by atoms with van der Waals surface area (Å²) in [6.45, 7) is 13.5. The van der Waals surface area contributed by atoms with Crippen molar-refractivity contribution in [3.8, 4) is 11.3 Å². The van der Waals surface area contributed by atoms with Crippen molar-refractivity contribution in [2.24, 2.45) is 7.05 Å². The lowest BCUT2D eigenvalue weighted by Gasteiger charge is -2.16. The van der Waals surface area contributed by atoms with Crippen LogP contribution in [0.3, 0.4) is 0 Å². The normalized spacial score (nSPS) is 11.5. The van der Waals surface area contributed by atoms with Crippen LogP contribution in [0.2, 0.25) is 0 Å². The fraction of sp³-hybridized carbons (Fsp3) is 0.400. The van der Waals surface area contributed by atoms with Gasteiger partial charge in [0.05, 0.1) is 10.9 Å². The molecule has 0 fully saturated rings. The van der Waals surface area contributed by atoms with Gasteiger partial charge in [-0.1, -0.05) is 37.6 Å². The van der Waals surface area contributed by atoms with Crippen LogP contribution in [0.1, 0.15) is 60.6 Å². The highest BCUT2D eigenvalue weighted by molar-refractivity contribution is 5.94. The SMILES string of the molecule is CCC(CC)c1ccc2c(-c3cc(C)cc(C)c3C)[n+](C)c(C)cc2c1. The first-order valence-corrected chi connectivity index (χ1v) is 9.88. The summed E-state index contributed by atoms with van der Waals surface area (Å²) < 4.78 is 2.35. The Labute approximate surface area is 158 Å². The highest BCUT2D eigenvalue weighted by Crippen LogP contribution is 2.33. The largest absolute Gasteiger partial charge is 0.220 e. The molecule has 0 bridgehead atoms. The second kappa shape index (κ2) is 7.23. The molecule has 0 radical (unpaired) electrons. The van der Waals surface area contributed by atoms with Gasteiger partial charge < -0.3 is 0 Å². The van der Waals surface area contributed by atoms with Gasteiger partial charge in [0.15, 0.2) is 5.69 Å². The van der Waals surface area contributed by atoms with Gasteiger partial charge >= 0.3 is 0 Å². The van der Waals surface area contributed by atoms with E-state index in [0.29, 0.717) is 5.92 Å². The molecule has 0 atom stereocenters. The van der Waals surface area contributed by atoms with Crippen molar-refractivity contribution >= 4 is 10.8 Å². The summed E-state index contributed by atoms with van der Waals surface area (Å²) in [5.74, 6) is 0.653. The van der Waals surface area contributed by atoms with Gasteiger partial charge in [-0.25, -0.2) is 0 Å². The number of hydrogen-bond acceptors (Lipinski definition) is 0. The van der Waals surface area contributed by atoms with Crippen LogP contribution in [0.25, 0.3) is 22.0 Å². The highest BCUT2D eigenvalue weighted by Gasteiger charge is 2.21. The van der Waals surface area contributed by atoms with Crippen molar-refractivity contribution in [3.63, 3.8) is 0 Å². The van der Waals surface area contributed by atoms with E-state index in [2.05, 4.69) is 89.6 Å². The average molecular weight is 347 g/mol. The summed E-state index contributed by atoms with van der Waals surface area (Å²) in [6, 6.07) is 14.1. The Bertz CT molecular complexity index is 962. The summed E-state index contributed by atoms with van der Waals surface area (Å²) >= 11 is 0. The zero-order chi connectivity index (χ0) is 19.0. The van der Waals surface area contributed by atoms with Crippen molar-refractivity contribution in [1.29, 1.82) is 0 Å². The predicted octanol–water partition coefficient (Wildman–Crippen LogP) is 6.47. The maximum Gasteiger partial charge on any atom is 0.220 e. The number of aryl methyl sites for hydroxylation is 3. The first-order valence-electron chi connectivity index (χ1n) is 9.88. The molecule has 3 rings (SSSR count). The number of fused-ring (bicyclic) bond motifs is 1. The van der Waals surface area contributed by atoms with Crippen LogP contribution in [0.4, 0.5) is 0 Å². The van der Waals surface area contributed by atoms with Gasteiger partial charge in [-0.3, -0.25) is 0 Å². The van der Waals surface area contributed by atoms with Crippen molar-refractivity contribution in [2.75, 3.05) is 0 Å². The third kappa shape index (κ3) is 3.16. The van der Waals surface area contributed by atoms with Crippen molar-refractivity contribution in [1.82, 2.24) is 0 Å². The molecule has 0 amide bonds. The Balaban J connectivity index is 2.34. The van der Waals surface area contributed by atoms with Crippen molar-refractivity contribution in [2.45, 2.75) is 60.3 Å².